The lowest BCUT2D eigenvalue weighted by atomic mass is 10.1. The van der Waals surface area contributed by atoms with E-state index in [-0.39, 0.29) is 17.7 Å². The highest BCUT2D eigenvalue weighted by molar-refractivity contribution is 8.26. The molecule has 2 saturated heterocycles. The number of amides is 2. The molecule has 2 heterocycles. The monoisotopic (exact) mass is 577 g/mol. The second-order valence-corrected chi connectivity index (χ2v) is 12.4. The fourth-order valence-corrected chi connectivity index (χ4v) is 5.95. The first-order chi connectivity index (χ1) is 19.7. The Bertz CT molecular complexity index is 1250. The highest BCUT2D eigenvalue weighted by atomic mass is 32.2. The molecule has 0 bridgehead atoms. The van der Waals surface area contributed by atoms with Gasteiger partial charge in [-0.05, 0) is 82.1 Å². The lowest BCUT2D eigenvalue weighted by Gasteiger charge is -2.19. The van der Waals surface area contributed by atoms with E-state index in [0.29, 0.717) is 58.3 Å². The fraction of sp³-hybridized carbons (Fsp3) is 0.500. The summed E-state index contributed by atoms with van der Waals surface area (Å²) in [5.41, 5.74) is 2.08. The Hall–Kier alpha value is -3.17. The number of hydrogen-bond donors (Lipinski definition) is 3. The molecule has 2 fully saturated rings. The van der Waals surface area contributed by atoms with E-state index in [1.165, 1.54) is 25.8 Å². The van der Waals surface area contributed by atoms with Crippen molar-refractivity contribution in [3.63, 3.8) is 0 Å². The van der Waals surface area contributed by atoms with Crippen LogP contribution in [0.25, 0.3) is 0 Å². The summed E-state index contributed by atoms with van der Waals surface area (Å²) in [4.78, 5) is 29.6. The van der Waals surface area contributed by atoms with E-state index < -0.39 is 0 Å². The van der Waals surface area contributed by atoms with Gasteiger partial charge in [0.2, 0.25) is 5.91 Å². The quantitative estimate of drug-likeness (QED) is 0.156. The van der Waals surface area contributed by atoms with Crippen LogP contribution in [0.1, 0.15) is 80.3 Å². The summed E-state index contributed by atoms with van der Waals surface area (Å²) >= 11 is 1.15. The summed E-state index contributed by atoms with van der Waals surface area (Å²) < 4.78 is 6.27. The molecule has 4 rings (SSSR count). The Morgan fingerprint density at radius 1 is 1.07 bits per heavy atom. The topological polar surface area (TPSA) is 110 Å². The zero-order valence-corrected chi connectivity index (χ0v) is 25.3. The molecule has 8 nitrogen and oxygen atoms in total. The van der Waals surface area contributed by atoms with E-state index >= 15 is 0 Å². The minimum atomic E-state index is -0.134. The molecule has 41 heavy (non-hydrogen) atoms. The highest BCUT2D eigenvalue weighted by Crippen LogP contribution is 2.30. The van der Waals surface area contributed by atoms with Crippen molar-refractivity contribution in [3.05, 3.63) is 59.2 Å². The summed E-state index contributed by atoms with van der Waals surface area (Å²) in [6.45, 7) is 6.85. The third-order valence-electron chi connectivity index (χ3n) is 7.86. The average molecular weight is 578 g/mol. The molecule has 3 N–H and O–H groups in total. The molecular weight excluding hydrogens is 534 g/mol. The van der Waals surface area contributed by atoms with Gasteiger partial charge in [0.1, 0.15) is 16.5 Å². The van der Waals surface area contributed by atoms with Crippen molar-refractivity contribution in [2.75, 3.05) is 26.7 Å². The number of rotatable bonds is 12. The van der Waals surface area contributed by atoms with E-state index in [2.05, 4.69) is 17.3 Å². The zero-order chi connectivity index (χ0) is 29.4. The second kappa shape index (κ2) is 14.6. The number of unbranched alkanes of at least 4 members (excludes halogenated alkanes) is 1. The molecule has 220 valence electrons. The van der Waals surface area contributed by atoms with Crippen molar-refractivity contribution >= 4 is 33.7 Å². The minimum absolute atomic E-state index is 0.0762. The van der Waals surface area contributed by atoms with Gasteiger partial charge in [-0.25, -0.2) is 0 Å². The number of ether oxygens (including phenoxy) is 1. The van der Waals surface area contributed by atoms with Gasteiger partial charge in [-0.1, -0.05) is 38.1 Å². The smallest absolute Gasteiger partial charge is 0.251 e. The van der Waals surface area contributed by atoms with Crippen molar-refractivity contribution in [3.8, 4) is 11.5 Å². The van der Waals surface area contributed by atoms with Crippen LogP contribution < -0.4 is 10.1 Å². The van der Waals surface area contributed by atoms with Crippen molar-refractivity contribution in [1.82, 2.24) is 15.1 Å². The minimum Gasteiger partial charge on any atom is -0.457 e. The molecule has 2 aromatic carbocycles. The Morgan fingerprint density at radius 2 is 1.83 bits per heavy atom. The number of likely N-dealkylation sites (tertiary alicyclic amines) is 2. The number of hydrogen-bond acceptors (Lipinski definition) is 7. The number of nitrogens with zero attached hydrogens (tertiary/aromatic N) is 2. The van der Waals surface area contributed by atoms with Gasteiger partial charge in [0.25, 0.3) is 5.91 Å². The molecule has 2 aliphatic heterocycles. The molecule has 2 aliphatic rings. The molecule has 9 heteroatoms. The van der Waals surface area contributed by atoms with Crippen molar-refractivity contribution in [2.45, 2.75) is 71.4 Å². The maximum Gasteiger partial charge on any atom is 0.251 e. The normalized spacial score (nSPS) is 17.3. The van der Waals surface area contributed by atoms with Gasteiger partial charge >= 0.3 is 0 Å². The number of carbonyl (C=O) groups is 2. The first-order valence-corrected chi connectivity index (χ1v) is 15.5. The number of thioether (sulfide) groups is 1. The number of benzene rings is 2. The zero-order valence-electron chi connectivity index (χ0n) is 24.5. The van der Waals surface area contributed by atoms with Crippen LogP contribution in [0.4, 0.5) is 0 Å². The number of nitrogens with one attached hydrogen (secondary N) is 3. The molecule has 1 unspecified atom stereocenters. The van der Waals surface area contributed by atoms with E-state index in [4.69, 9.17) is 15.6 Å². The fourth-order valence-electron chi connectivity index (χ4n) is 5.24. The van der Waals surface area contributed by atoms with E-state index in [9.17, 15) is 9.59 Å². The van der Waals surface area contributed by atoms with Crippen molar-refractivity contribution < 1.29 is 14.3 Å². The molecule has 0 spiro atoms. The SMILES string of the molecule is CC(C)C(=N)SC(=N)c1ccc(Oc2cc(C(=O)NCCCCC3CCCN3C)ccc2CN2CCCC2=O)cc1. The second-order valence-electron chi connectivity index (χ2n) is 11.3. The molecule has 2 aromatic rings. The van der Waals surface area contributed by atoms with Crippen LogP contribution in [0.2, 0.25) is 0 Å². The summed E-state index contributed by atoms with van der Waals surface area (Å²) in [6, 6.07) is 13.3. The third kappa shape index (κ3) is 8.66. The van der Waals surface area contributed by atoms with E-state index in [1.54, 1.807) is 24.3 Å². The van der Waals surface area contributed by atoms with Crippen LogP contribution in [-0.2, 0) is 11.3 Å². The van der Waals surface area contributed by atoms with Gasteiger partial charge in [-0.15, -0.1) is 0 Å². The van der Waals surface area contributed by atoms with Crippen LogP contribution >= 0.6 is 11.8 Å². The standard InChI is InChI=1S/C32H43N5O3S/c1-22(2)30(33)41-31(34)23-13-15-27(16-14-23)40-28-20-24(11-12-25(28)21-37-19-7-10-29(37)38)32(39)35-17-5-4-8-26-9-6-18-36(26)3/h11-16,20,22,26,33-34H,4-10,17-19,21H2,1-3H3,(H,35,39). The molecule has 0 radical (unpaired) electrons. The lowest BCUT2D eigenvalue weighted by molar-refractivity contribution is -0.128. The Kier molecular flexibility index (Phi) is 11.0. The predicted molar refractivity (Wildman–Crippen MR) is 166 cm³/mol. The van der Waals surface area contributed by atoms with Crippen LogP contribution in [0.3, 0.4) is 0 Å². The Morgan fingerprint density at radius 3 is 2.49 bits per heavy atom. The Labute approximate surface area is 248 Å². The van der Waals surface area contributed by atoms with Gasteiger partial charge in [-0.3, -0.25) is 20.4 Å². The first-order valence-electron chi connectivity index (χ1n) is 14.7. The lowest BCUT2D eigenvalue weighted by Crippen LogP contribution is -2.27. The molecule has 0 aromatic heterocycles. The molecule has 0 aliphatic carbocycles. The molecular formula is C32H43N5O3S. The maximum atomic E-state index is 13.0. The largest absolute Gasteiger partial charge is 0.457 e. The van der Waals surface area contributed by atoms with Gasteiger partial charge in [0.15, 0.2) is 0 Å². The highest BCUT2D eigenvalue weighted by Gasteiger charge is 2.23. The van der Waals surface area contributed by atoms with Gasteiger partial charge in [-0.2, -0.15) is 0 Å². The summed E-state index contributed by atoms with van der Waals surface area (Å²) in [5, 5.41) is 20.2. The summed E-state index contributed by atoms with van der Waals surface area (Å²) in [5.74, 6) is 1.19. The van der Waals surface area contributed by atoms with Crippen molar-refractivity contribution in [1.29, 1.82) is 10.8 Å². The first kappa shape index (κ1) is 30.8. The van der Waals surface area contributed by atoms with Gasteiger partial charge < -0.3 is 19.9 Å². The van der Waals surface area contributed by atoms with Crippen LogP contribution in [0, 0.1) is 16.7 Å². The van der Waals surface area contributed by atoms with Crippen LogP contribution in [0.5, 0.6) is 11.5 Å². The average Bonchev–Trinajstić information content (AvgIpc) is 3.56. The summed E-state index contributed by atoms with van der Waals surface area (Å²) in [7, 11) is 2.20. The third-order valence-corrected chi connectivity index (χ3v) is 8.99. The van der Waals surface area contributed by atoms with Gasteiger partial charge in [0, 0.05) is 54.7 Å². The summed E-state index contributed by atoms with van der Waals surface area (Å²) in [6.07, 6.45) is 7.18. The van der Waals surface area contributed by atoms with Crippen LogP contribution in [-0.4, -0.2) is 64.4 Å². The molecule has 1 atom stereocenters. The molecule has 0 saturated carbocycles. The van der Waals surface area contributed by atoms with Gasteiger partial charge in [0.05, 0.1) is 5.04 Å². The number of carbonyl (C=O) groups excluding carboxylic acids is 2. The van der Waals surface area contributed by atoms with E-state index in [0.717, 1.165) is 43.1 Å². The predicted octanol–water partition coefficient (Wildman–Crippen LogP) is 6.29. The Balaban J connectivity index is 1.41. The van der Waals surface area contributed by atoms with Crippen LogP contribution in [0.15, 0.2) is 42.5 Å². The van der Waals surface area contributed by atoms with Crippen molar-refractivity contribution in [2.24, 2.45) is 5.92 Å². The van der Waals surface area contributed by atoms with E-state index in [1.807, 2.05) is 36.9 Å². The maximum absolute atomic E-state index is 13.0. The molecule has 2 amide bonds.